The summed E-state index contributed by atoms with van der Waals surface area (Å²) < 4.78 is 22.7. The van der Waals surface area contributed by atoms with Gasteiger partial charge in [-0.1, -0.05) is 6.07 Å². The van der Waals surface area contributed by atoms with Gasteiger partial charge in [0.15, 0.2) is 5.82 Å². The molecule has 1 fully saturated rings. The molecule has 3 heterocycles. The Morgan fingerprint density at radius 1 is 1.34 bits per heavy atom. The predicted octanol–water partition coefficient (Wildman–Crippen LogP) is 3.10. The molecule has 152 valence electrons. The first kappa shape index (κ1) is 19.1. The molecule has 2 amide bonds. The van der Waals surface area contributed by atoms with E-state index in [-0.39, 0.29) is 24.0 Å². The zero-order valence-corrected chi connectivity index (χ0v) is 16.3. The summed E-state index contributed by atoms with van der Waals surface area (Å²) in [6, 6.07) is 7.35. The van der Waals surface area contributed by atoms with E-state index in [1.54, 1.807) is 33.8 Å². The number of rotatable bonds is 4. The van der Waals surface area contributed by atoms with Crippen LogP contribution in [0.2, 0.25) is 0 Å². The van der Waals surface area contributed by atoms with Crippen molar-refractivity contribution < 1.29 is 13.9 Å². The molecule has 3 aromatic rings. The molecule has 2 atom stereocenters. The summed E-state index contributed by atoms with van der Waals surface area (Å²) >= 11 is 0. The molecule has 29 heavy (non-hydrogen) atoms. The van der Waals surface area contributed by atoms with Gasteiger partial charge in [0.2, 0.25) is 0 Å². The van der Waals surface area contributed by atoms with Gasteiger partial charge in [-0.25, -0.2) is 13.9 Å². The van der Waals surface area contributed by atoms with Crippen LogP contribution in [-0.4, -0.2) is 38.2 Å². The molecule has 2 N–H and O–H groups in total. The van der Waals surface area contributed by atoms with E-state index < -0.39 is 0 Å². The van der Waals surface area contributed by atoms with Gasteiger partial charge in [0.25, 0.3) is 0 Å². The third-order valence-electron chi connectivity index (χ3n) is 4.87. The number of carbonyl (C=O) groups excluding carboxylic acids is 1. The van der Waals surface area contributed by atoms with Crippen LogP contribution in [0.15, 0.2) is 42.7 Å². The third kappa shape index (κ3) is 4.29. The summed E-state index contributed by atoms with van der Waals surface area (Å²) in [4.78, 5) is 12.6. The minimum atomic E-state index is -0.363. The third-order valence-corrected chi connectivity index (χ3v) is 4.87. The fraction of sp³-hybridized carbons (Fsp3) is 0.350. The number of nitrogens with one attached hydrogen (secondary N) is 2. The number of aromatic nitrogens is 4. The normalized spacial score (nSPS) is 19.1. The molecule has 0 spiro atoms. The van der Waals surface area contributed by atoms with Crippen LogP contribution in [-0.2, 0) is 11.8 Å². The number of aryl methyl sites for hydroxylation is 2. The van der Waals surface area contributed by atoms with Crippen molar-refractivity contribution in [1.82, 2.24) is 24.9 Å². The molecule has 0 saturated carbocycles. The van der Waals surface area contributed by atoms with Gasteiger partial charge in [0.1, 0.15) is 11.9 Å². The lowest BCUT2D eigenvalue weighted by atomic mass is 9.98. The molecule has 4 rings (SSSR count). The molecule has 9 heteroatoms. The Balaban J connectivity index is 1.45. The van der Waals surface area contributed by atoms with Crippen molar-refractivity contribution in [2.24, 2.45) is 7.05 Å². The van der Waals surface area contributed by atoms with E-state index >= 15 is 0 Å². The van der Waals surface area contributed by atoms with Crippen LogP contribution in [0.5, 0.6) is 0 Å². The molecule has 1 aromatic carbocycles. The number of hydrogen-bond donors (Lipinski definition) is 2. The van der Waals surface area contributed by atoms with Crippen molar-refractivity contribution in [3.05, 3.63) is 59.8 Å². The number of anilines is 1. The Labute approximate surface area is 167 Å². The number of benzene rings is 1. The fourth-order valence-electron chi connectivity index (χ4n) is 3.57. The summed E-state index contributed by atoms with van der Waals surface area (Å²) in [5, 5.41) is 14.3. The Bertz CT molecular complexity index is 1010. The fourth-order valence-corrected chi connectivity index (χ4v) is 3.57. The van der Waals surface area contributed by atoms with Crippen LogP contribution < -0.4 is 10.6 Å². The summed E-state index contributed by atoms with van der Waals surface area (Å²) in [5.41, 5.74) is 2.30. The first-order chi connectivity index (χ1) is 14.0. The minimum Gasteiger partial charge on any atom is -0.371 e. The van der Waals surface area contributed by atoms with Crippen LogP contribution >= 0.6 is 0 Å². The first-order valence-electron chi connectivity index (χ1n) is 9.50. The predicted molar refractivity (Wildman–Crippen MR) is 105 cm³/mol. The summed E-state index contributed by atoms with van der Waals surface area (Å²) in [7, 11) is 1.85. The van der Waals surface area contributed by atoms with Crippen LogP contribution in [0, 0.1) is 12.7 Å². The van der Waals surface area contributed by atoms with Gasteiger partial charge in [-0.2, -0.15) is 5.10 Å². The second-order valence-corrected chi connectivity index (χ2v) is 7.15. The monoisotopic (exact) mass is 398 g/mol. The van der Waals surface area contributed by atoms with Gasteiger partial charge < -0.3 is 10.1 Å². The highest BCUT2D eigenvalue weighted by Crippen LogP contribution is 2.28. The molecule has 0 unspecified atom stereocenters. The zero-order chi connectivity index (χ0) is 20.4. The molecule has 2 aromatic heterocycles. The Morgan fingerprint density at radius 3 is 2.97 bits per heavy atom. The van der Waals surface area contributed by atoms with Crippen molar-refractivity contribution >= 4 is 11.8 Å². The number of nitrogens with zero attached hydrogens (tertiary/aromatic N) is 4. The van der Waals surface area contributed by atoms with Gasteiger partial charge in [-0.3, -0.25) is 10.00 Å². The van der Waals surface area contributed by atoms with Crippen molar-refractivity contribution in [2.45, 2.75) is 31.9 Å². The number of halogens is 1. The van der Waals surface area contributed by atoms with Crippen LogP contribution in [0.1, 0.15) is 30.2 Å². The Kier molecular flexibility index (Phi) is 5.30. The summed E-state index contributed by atoms with van der Waals surface area (Å²) in [6.07, 6.45) is 5.09. The lowest BCUT2D eigenvalue weighted by Crippen LogP contribution is -2.44. The van der Waals surface area contributed by atoms with Gasteiger partial charge in [0, 0.05) is 37.2 Å². The average Bonchev–Trinajstić information content (AvgIpc) is 3.27. The van der Waals surface area contributed by atoms with E-state index in [4.69, 9.17) is 4.74 Å². The highest BCUT2D eigenvalue weighted by atomic mass is 19.1. The second-order valence-electron chi connectivity index (χ2n) is 7.15. The quantitative estimate of drug-likeness (QED) is 0.707. The average molecular weight is 398 g/mol. The smallest absolute Gasteiger partial charge is 0.320 e. The van der Waals surface area contributed by atoms with Crippen LogP contribution in [0.25, 0.3) is 5.69 Å². The second kappa shape index (κ2) is 8.04. The Hall–Kier alpha value is -3.20. The van der Waals surface area contributed by atoms with E-state index in [9.17, 15) is 9.18 Å². The van der Waals surface area contributed by atoms with E-state index in [1.165, 1.54) is 12.1 Å². The number of amides is 2. The minimum absolute atomic E-state index is 0.167. The number of ether oxygens (including phenoxy) is 1. The number of carbonyl (C=O) groups is 1. The molecule has 0 aliphatic carbocycles. The molecule has 1 aliphatic heterocycles. The van der Waals surface area contributed by atoms with Crippen LogP contribution in [0.3, 0.4) is 0 Å². The maximum absolute atomic E-state index is 13.5. The molecule has 0 radical (unpaired) electrons. The van der Waals surface area contributed by atoms with Crippen LogP contribution in [0.4, 0.5) is 15.0 Å². The van der Waals surface area contributed by atoms with Crippen molar-refractivity contribution in [3.63, 3.8) is 0 Å². The van der Waals surface area contributed by atoms with Crippen molar-refractivity contribution in [2.75, 3.05) is 11.9 Å². The van der Waals surface area contributed by atoms with Crippen molar-refractivity contribution in [1.29, 1.82) is 0 Å². The highest BCUT2D eigenvalue weighted by Gasteiger charge is 2.30. The van der Waals surface area contributed by atoms with E-state index in [0.29, 0.717) is 18.1 Å². The van der Waals surface area contributed by atoms with Crippen molar-refractivity contribution in [3.8, 4) is 5.69 Å². The lowest BCUT2D eigenvalue weighted by molar-refractivity contribution is -0.00700. The maximum Gasteiger partial charge on any atom is 0.320 e. The topological polar surface area (TPSA) is 86.0 Å². The molecule has 0 bridgehead atoms. The van der Waals surface area contributed by atoms with Gasteiger partial charge in [0.05, 0.1) is 17.9 Å². The first-order valence-corrected chi connectivity index (χ1v) is 9.50. The van der Waals surface area contributed by atoms with Gasteiger partial charge >= 0.3 is 6.03 Å². The molecular weight excluding hydrogens is 375 g/mol. The van der Waals surface area contributed by atoms with E-state index in [2.05, 4.69) is 20.8 Å². The SMILES string of the molecule is Cc1cc(NC(=O)N[C@H]2CCCO[C@@H]2c2cnn(C)c2)nn1-c1cccc(F)c1. The molecule has 1 saturated heterocycles. The highest BCUT2D eigenvalue weighted by molar-refractivity contribution is 5.88. The van der Waals surface area contributed by atoms with E-state index in [0.717, 1.165) is 24.1 Å². The lowest BCUT2D eigenvalue weighted by Gasteiger charge is -2.31. The number of hydrogen-bond acceptors (Lipinski definition) is 4. The Morgan fingerprint density at radius 2 is 2.21 bits per heavy atom. The molecular formula is C20H23FN6O2. The maximum atomic E-state index is 13.5. The molecule has 8 nitrogen and oxygen atoms in total. The largest absolute Gasteiger partial charge is 0.371 e. The standard InChI is InChI=1S/C20H23FN6O2/c1-13-9-18(25-27(13)16-6-3-5-15(21)10-16)24-20(28)23-17-7-4-8-29-19(17)14-11-22-26(2)12-14/h3,5-6,9-12,17,19H,4,7-8H2,1-2H3,(H2,23,24,25,28)/t17-,19+/m0/s1. The van der Waals surface area contributed by atoms with Gasteiger partial charge in [-0.05, 0) is 38.0 Å². The zero-order valence-electron chi connectivity index (χ0n) is 16.3. The summed E-state index contributed by atoms with van der Waals surface area (Å²) in [5.74, 6) is 0.0438. The van der Waals surface area contributed by atoms with E-state index in [1.807, 2.05) is 20.2 Å². The molecule has 1 aliphatic rings. The summed E-state index contributed by atoms with van der Waals surface area (Å²) in [6.45, 7) is 2.49. The van der Waals surface area contributed by atoms with Gasteiger partial charge in [-0.15, -0.1) is 5.10 Å². The number of urea groups is 1.